The quantitative estimate of drug-likeness (QED) is 0.0518. The van der Waals surface area contributed by atoms with Gasteiger partial charge >= 0.3 is 71.1 Å². The summed E-state index contributed by atoms with van der Waals surface area (Å²) in [6.45, 7) is 3.40. The third-order valence-electron chi connectivity index (χ3n) is 6.31. The van der Waals surface area contributed by atoms with E-state index in [2.05, 4.69) is 16.8 Å². The minimum absolute atomic E-state index is 0. The number of carbonyl (C=O) groups is 3. The fourth-order valence-electron chi connectivity index (χ4n) is 4.09. The van der Waals surface area contributed by atoms with Crippen molar-refractivity contribution in [3.63, 3.8) is 0 Å². The zero-order valence-electron chi connectivity index (χ0n) is 26.3. The molecule has 230 valence electrons. The summed E-state index contributed by atoms with van der Waals surface area (Å²) in [7, 11) is -5.24. The summed E-state index contributed by atoms with van der Waals surface area (Å²) in [5.41, 5.74) is 0. The Hall–Kier alpha value is 0.520. The molecule has 0 heterocycles. The van der Waals surface area contributed by atoms with Crippen molar-refractivity contribution >= 4 is 25.7 Å². The molecule has 1 amide bonds. The van der Waals surface area contributed by atoms with Gasteiger partial charge in [0.05, 0.1) is 14.4 Å². The molecule has 0 saturated heterocycles. The molecule has 0 aromatic heterocycles. The Balaban J connectivity index is -0.00000722. The third kappa shape index (κ3) is 36.6. The Kier molecular flexibility index (Phi) is 35.8. The molecule has 0 aliphatic heterocycles. The number of hydrogen-bond acceptors (Lipinski definition) is 9. The zero-order chi connectivity index (χ0) is 29.2. The second-order valence-electron chi connectivity index (χ2n) is 10.2. The van der Waals surface area contributed by atoms with Crippen LogP contribution >= 0.6 is 7.82 Å². The van der Waals surface area contributed by atoms with Crippen molar-refractivity contribution in [2.45, 2.75) is 142 Å². The van der Waals surface area contributed by atoms with Crippen molar-refractivity contribution in [3.8, 4) is 0 Å². The maximum Gasteiger partial charge on any atom is 1.00 e. The molecule has 10 nitrogen and oxygen atoms in total. The Morgan fingerprint density at radius 2 is 1.12 bits per heavy atom. The van der Waals surface area contributed by atoms with Crippen LogP contribution in [0.4, 0.5) is 0 Å². The Bertz CT molecular complexity index is 695. The Morgan fingerprint density at radius 1 is 0.683 bits per heavy atom. The van der Waals surface area contributed by atoms with Gasteiger partial charge in [-0.3, -0.25) is 14.4 Å². The van der Waals surface area contributed by atoms with Gasteiger partial charge in [-0.15, -0.1) is 0 Å². The number of esters is 2. The van der Waals surface area contributed by atoms with Gasteiger partial charge in [0.25, 0.3) is 0 Å². The van der Waals surface area contributed by atoms with Crippen LogP contribution in [0, 0.1) is 0 Å². The third-order valence-corrected chi connectivity index (χ3v) is 6.78. The molecular formula is C28H52NNa2O9P. The maximum atomic E-state index is 12.1. The molecule has 0 aliphatic carbocycles. The summed E-state index contributed by atoms with van der Waals surface area (Å²) in [5, 5.41) is 2.79. The number of unbranched alkanes of at least 4 members (excludes halogenated alkanes) is 15. The average Bonchev–Trinajstić information content (AvgIpc) is 2.87. The standard InChI is InChI=1S/C28H54NO9P.2Na/c1-3-4-5-6-7-11-15-18-21-28(32)38-26(24-37-39(33,34)35)23-36-27(31)20-17-14-12-9-8-10-13-16-19-22-29-25(2)30;;/h26H,3-24H2,1-2H3,(H,29,30)(H2,33,34,35);;/q;2*+1/p-2/t26-;;/m0../s1. The predicted molar refractivity (Wildman–Crippen MR) is 146 cm³/mol. The molecule has 0 aliphatic rings. The van der Waals surface area contributed by atoms with Gasteiger partial charge in [0.15, 0.2) is 6.10 Å². The molecule has 1 atom stereocenters. The van der Waals surface area contributed by atoms with Crippen LogP contribution in [0.15, 0.2) is 0 Å². The van der Waals surface area contributed by atoms with Crippen molar-refractivity contribution in [3.05, 3.63) is 0 Å². The number of carbonyl (C=O) groups excluding carboxylic acids is 3. The van der Waals surface area contributed by atoms with E-state index < -0.39 is 32.5 Å². The smallest absolute Gasteiger partial charge is 0.790 e. The van der Waals surface area contributed by atoms with Gasteiger partial charge in [-0.1, -0.05) is 96.8 Å². The van der Waals surface area contributed by atoms with Gasteiger partial charge in [-0.25, -0.2) is 0 Å². The molecule has 13 heteroatoms. The van der Waals surface area contributed by atoms with Gasteiger partial charge in [0.1, 0.15) is 6.61 Å². The van der Waals surface area contributed by atoms with Crippen LogP contribution in [0.25, 0.3) is 0 Å². The number of hydrogen-bond donors (Lipinski definition) is 1. The van der Waals surface area contributed by atoms with E-state index in [1.54, 1.807) is 0 Å². The van der Waals surface area contributed by atoms with Gasteiger partial charge in [-0.2, -0.15) is 0 Å². The average molecular weight is 624 g/mol. The minimum atomic E-state index is -5.24. The number of amides is 1. The van der Waals surface area contributed by atoms with Crippen LogP contribution in [0.1, 0.15) is 136 Å². The molecule has 0 radical (unpaired) electrons. The van der Waals surface area contributed by atoms with Crippen LogP contribution in [0.3, 0.4) is 0 Å². The first kappa shape index (κ1) is 45.9. The molecule has 0 fully saturated rings. The Labute approximate surface area is 292 Å². The predicted octanol–water partition coefficient (Wildman–Crippen LogP) is -1.14. The molecule has 0 aromatic carbocycles. The summed E-state index contributed by atoms with van der Waals surface area (Å²) in [5.74, 6) is -0.994. The van der Waals surface area contributed by atoms with Gasteiger partial charge < -0.3 is 33.7 Å². The molecule has 0 spiro atoms. The fourth-order valence-corrected chi connectivity index (χ4v) is 4.44. The SMILES string of the molecule is CCCCCCCCCCC(=O)O[C@@H](COC(=O)CCCCCCCCCCCNC(C)=O)COP(=O)([O-])[O-].[Na+].[Na+]. The van der Waals surface area contributed by atoms with E-state index in [4.69, 9.17) is 9.47 Å². The minimum Gasteiger partial charge on any atom is -0.790 e. The molecular weight excluding hydrogens is 571 g/mol. The number of ether oxygens (including phenoxy) is 2. The van der Waals surface area contributed by atoms with Crippen LogP contribution in [-0.4, -0.2) is 43.7 Å². The van der Waals surface area contributed by atoms with E-state index in [0.29, 0.717) is 12.8 Å². The van der Waals surface area contributed by atoms with E-state index in [9.17, 15) is 28.7 Å². The molecule has 1 N–H and O–H groups in total. The number of phosphoric acid groups is 1. The Morgan fingerprint density at radius 3 is 1.59 bits per heavy atom. The van der Waals surface area contributed by atoms with Crippen molar-refractivity contribution in [1.82, 2.24) is 5.32 Å². The number of nitrogens with one attached hydrogen (secondary N) is 1. The van der Waals surface area contributed by atoms with E-state index in [0.717, 1.165) is 77.2 Å². The van der Waals surface area contributed by atoms with Crippen LogP contribution in [0.5, 0.6) is 0 Å². The normalized spacial score (nSPS) is 11.6. The van der Waals surface area contributed by atoms with E-state index in [1.807, 2.05) is 0 Å². The van der Waals surface area contributed by atoms with Crippen LogP contribution < -0.4 is 74.2 Å². The molecule has 0 rings (SSSR count). The topological polar surface area (TPSA) is 154 Å². The number of phosphoric ester groups is 1. The second-order valence-corrected chi connectivity index (χ2v) is 11.3. The van der Waals surface area contributed by atoms with Crippen molar-refractivity contribution in [2.75, 3.05) is 19.8 Å². The fraction of sp³-hybridized carbons (Fsp3) is 0.893. The summed E-state index contributed by atoms with van der Waals surface area (Å²) in [6.07, 6.45) is 17.0. The first-order valence-corrected chi connectivity index (χ1v) is 16.4. The molecule has 0 aromatic rings. The molecule has 41 heavy (non-hydrogen) atoms. The summed E-state index contributed by atoms with van der Waals surface area (Å²) >= 11 is 0. The van der Waals surface area contributed by atoms with Crippen LogP contribution in [0.2, 0.25) is 0 Å². The molecule has 0 unspecified atom stereocenters. The summed E-state index contributed by atoms with van der Waals surface area (Å²) in [4.78, 5) is 56.7. The van der Waals surface area contributed by atoms with E-state index >= 15 is 0 Å². The monoisotopic (exact) mass is 623 g/mol. The molecule has 0 saturated carbocycles. The number of rotatable bonds is 27. The second kappa shape index (κ2) is 31.9. The van der Waals surface area contributed by atoms with E-state index in [1.165, 1.54) is 32.6 Å². The van der Waals surface area contributed by atoms with Crippen LogP contribution in [-0.2, 0) is 32.9 Å². The largest absolute Gasteiger partial charge is 1.00 e. The maximum absolute atomic E-state index is 12.1. The van der Waals surface area contributed by atoms with E-state index in [-0.39, 0.29) is 84.5 Å². The van der Waals surface area contributed by atoms with Gasteiger partial charge in [0, 0.05) is 26.3 Å². The zero-order valence-corrected chi connectivity index (χ0v) is 31.1. The first-order valence-electron chi connectivity index (χ1n) is 14.9. The van der Waals surface area contributed by atoms with Crippen molar-refractivity contribution in [1.29, 1.82) is 0 Å². The van der Waals surface area contributed by atoms with Crippen molar-refractivity contribution in [2.24, 2.45) is 0 Å². The van der Waals surface area contributed by atoms with Gasteiger partial charge in [-0.05, 0) is 19.3 Å². The summed E-state index contributed by atoms with van der Waals surface area (Å²) in [6, 6.07) is 0. The van der Waals surface area contributed by atoms with Crippen molar-refractivity contribution < 1.29 is 102 Å². The first-order chi connectivity index (χ1) is 18.6. The van der Waals surface area contributed by atoms with Gasteiger partial charge in [0.2, 0.25) is 5.91 Å². The molecule has 0 bridgehead atoms. The summed E-state index contributed by atoms with van der Waals surface area (Å²) < 4.78 is 25.5.